The van der Waals surface area contributed by atoms with Gasteiger partial charge in [0.25, 0.3) is 0 Å². The second-order valence-electron chi connectivity index (χ2n) is 6.27. The minimum absolute atomic E-state index is 0.0248. The minimum Gasteiger partial charge on any atom is -0.481 e. The Labute approximate surface area is 156 Å². The summed E-state index contributed by atoms with van der Waals surface area (Å²) in [7, 11) is 1.48. The normalized spacial score (nSPS) is 13.7. The first-order chi connectivity index (χ1) is 12.9. The third-order valence-electron chi connectivity index (χ3n) is 4.47. The van der Waals surface area contributed by atoms with Crippen molar-refractivity contribution < 1.29 is 23.9 Å². The highest BCUT2D eigenvalue weighted by atomic mass is 16.5. The number of anilines is 1. The number of carbonyl (C=O) groups is 3. The summed E-state index contributed by atoms with van der Waals surface area (Å²) in [6.07, 6.45) is 1.09. The number of carbonyl (C=O) groups excluding carboxylic acids is 3. The zero-order valence-electron chi connectivity index (χ0n) is 15.4. The summed E-state index contributed by atoms with van der Waals surface area (Å²) in [6.45, 7) is 3.66. The molecule has 1 aliphatic heterocycles. The Kier molecular flexibility index (Phi) is 5.21. The molecule has 1 aliphatic rings. The summed E-state index contributed by atoms with van der Waals surface area (Å²) < 4.78 is 10.2. The average Bonchev–Trinajstić information content (AvgIpc) is 3.10. The number of Topliss-reactive ketones (excluding diaryl/α,β-unsaturated/α-hetero) is 1. The summed E-state index contributed by atoms with van der Waals surface area (Å²) >= 11 is 0. The minimum atomic E-state index is -0.942. The van der Waals surface area contributed by atoms with Crippen LogP contribution in [0.2, 0.25) is 0 Å². The van der Waals surface area contributed by atoms with Crippen molar-refractivity contribution in [3.8, 4) is 5.88 Å². The number of ether oxygens (including phenoxy) is 2. The molecule has 3 rings (SSSR count). The molecule has 1 atom stereocenters. The fraction of sp³-hybridized carbons (Fsp3) is 0.300. The second-order valence-corrected chi connectivity index (χ2v) is 6.27. The monoisotopic (exact) mass is 368 g/mol. The number of methoxy groups -OCH3 is 1. The Balaban J connectivity index is 1.70. The number of fused-ring (bicyclic) bond motifs is 1. The summed E-state index contributed by atoms with van der Waals surface area (Å²) in [6, 6.07) is 8.25. The molecule has 2 heterocycles. The van der Waals surface area contributed by atoms with E-state index in [1.807, 2.05) is 0 Å². The van der Waals surface area contributed by atoms with Crippen molar-refractivity contribution in [2.45, 2.75) is 26.4 Å². The molecule has 0 fully saturated rings. The van der Waals surface area contributed by atoms with Crippen LogP contribution in [0.3, 0.4) is 0 Å². The highest BCUT2D eigenvalue weighted by Gasteiger charge is 2.25. The molecule has 0 unspecified atom stereocenters. The van der Waals surface area contributed by atoms with Gasteiger partial charge in [-0.2, -0.15) is 0 Å². The smallest absolute Gasteiger partial charge is 0.340 e. The lowest BCUT2D eigenvalue weighted by Gasteiger charge is -2.16. The van der Waals surface area contributed by atoms with Crippen molar-refractivity contribution in [1.29, 1.82) is 0 Å². The number of hydrogen-bond donors (Lipinski definition) is 0. The summed E-state index contributed by atoms with van der Waals surface area (Å²) in [4.78, 5) is 42.1. The number of pyridine rings is 1. The quantitative estimate of drug-likeness (QED) is 0.595. The topological polar surface area (TPSA) is 85.8 Å². The van der Waals surface area contributed by atoms with Gasteiger partial charge in [-0.15, -0.1) is 0 Å². The Morgan fingerprint density at radius 3 is 2.52 bits per heavy atom. The molecule has 1 aromatic heterocycles. The SMILES string of the molecule is COc1ccc(C(=O)O[C@H](C)C(=O)c2ccc3c(c2)CCN3C(C)=O)cn1. The number of hydrogen-bond acceptors (Lipinski definition) is 6. The maximum Gasteiger partial charge on any atom is 0.340 e. The molecule has 7 nitrogen and oxygen atoms in total. The van der Waals surface area contributed by atoms with Crippen molar-refractivity contribution in [3.05, 3.63) is 53.2 Å². The molecule has 0 bridgehead atoms. The van der Waals surface area contributed by atoms with E-state index in [-0.39, 0.29) is 17.3 Å². The van der Waals surface area contributed by atoms with Gasteiger partial charge in [0.2, 0.25) is 17.6 Å². The maximum atomic E-state index is 12.6. The van der Waals surface area contributed by atoms with Crippen LogP contribution in [0, 0.1) is 0 Å². The van der Waals surface area contributed by atoms with Gasteiger partial charge in [-0.1, -0.05) is 0 Å². The van der Waals surface area contributed by atoms with Crippen molar-refractivity contribution in [2.75, 3.05) is 18.6 Å². The highest BCUT2D eigenvalue weighted by Crippen LogP contribution is 2.29. The molecule has 2 aromatic rings. The van der Waals surface area contributed by atoms with Gasteiger partial charge < -0.3 is 14.4 Å². The summed E-state index contributed by atoms with van der Waals surface area (Å²) in [5.74, 6) is -0.569. The van der Waals surface area contributed by atoms with Crippen molar-refractivity contribution in [1.82, 2.24) is 4.98 Å². The van der Waals surface area contributed by atoms with Crippen molar-refractivity contribution in [3.63, 3.8) is 0 Å². The molecular formula is C20H20N2O5. The third-order valence-corrected chi connectivity index (χ3v) is 4.47. The Hall–Kier alpha value is -3.22. The number of rotatable bonds is 5. The lowest BCUT2D eigenvalue weighted by atomic mass is 10.0. The van der Waals surface area contributed by atoms with E-state index in [1.54, 1.807) is 29.2 Å². The van der Waals surface area contributed by atoms with E-state index in [0.717, 1.165) is 11.3 Å². The Morgan fingerprint density at radius 1 is 1.15 bits per heavy atom. The molecule has 0 saturated carbocycles. The van der Waals surface area contributed by atoms with Crippen molar-refractivity contribution in [2.24, 2.45) is 0 Å². The van der Waals surface area contributed by atoms with Gasteiger partial charge in [0.1, 0.15) is 0 Å². The first-order valence-corrected chi connectivity index (χ1v) is 8.57. The predicted molar refractivity (Wildman–Crippen MR) is 98.2 cm³/mol. The number of benzene rings is 1. The molecule has 0 radical (unpaired) electrons. The average molecular weight is 368 g/mol. The highest BCUT2D eigenvalue weighted by molar-refractivity contribution is 6.02. The van der Waals surface area contributed by atoms with Crippen LogP contribution in [0.25, 0.3) is 0 Å². The van der Waals surface area contributed by atoms with Crippen LogP contribution < -0.4 is 9.64 Å². The van der Waals surface area contributed by atoms with E-state index in [0.29, 0.717) is 24.4 Å². The number of nitrogens with zero attached hydrogens (tertiary/aromatic N) is 2. The fourth-order valence-electron chi connectivity index (χ4n) is 3.02. The molecule has 0 saturated heterocycles. The lowest BCUT2D eigenvalue weighted by molar-refractivity contribution is -0.116. The maximum absolute atomic E-state index is 12.6. The van der Waals surface area contributed by atoms with Crippen LogP contribution in [-0.4, -0.2) is 42.4 Å². The summed E-state index contributed by atoms with van der Waals surface area (Å²) in [5.41, 5.74) is 2.45. The first kappa shape index (κ1) is 18.6. The Bertz CT molecular complexity index is 892. The van der Waals surface area contributed by atoms with Gasteiger partial charge in [0, 0.05) is 37.0 Å². The summed E-state index contributed by atoms with van der Waals surface area (Å²) in [5, 5.41) is 0. The molecular weight excluding hydrogens is 348 g/mol. The van der Waals surface area contributed by atoms with Crippen LogP contribution >= 0.6 is 0 Å². The van der Waals surface area contributed by atoms with Gasteiger partial charge in [-0.3, -0.25) is 9.59 Å². The van der Waals surface area contributed by atoms with Gasteiger partial charge in [-0.05, 0) is 43.2 Å². The Morgan fingerprint density at radius 2 is 1.89 bits per heavy atom. The second kappa shape index (κ2) is 7.57. The van der Waals surface area contributed by atoms with E-state index >= 15 is 0 Å². The third kappa shape index (κ3) is 3.81. The van der Waals surface area contributed by atoms with Gasteiger partial charge in [-0.25, -0.2) is 9.78 Å². The van der Waals surface area contributed by atoms with E-state index < -0.39 is 12.1 Å². The first-order valence-electron chi connectivity index (χ1n) is 8.57. The zero-order chi connectivity index (χ0) is 19.6. The van der Waals surface area contributed by atoms with Gasteiger partial charge in [0.05, 0.1) is 12.7 Å². The molecule has 7 heteroatoms. The number of amides is 1. The molecule has 0 aliphatic carbocycles. The standard InChI is InChI=1S/C20H20N2O5/c1-12(27-20(25)16-5-7-18(26-3)21-11-16)19(24)15-4-6-17-14(10-15)8-9-22(17)13(2)23/h4-7,10-12H,8-9H2,1-3H3/t12-/m1/s1. The predicted octanol–water partition coefficient (Wildman–Crippen LogP) is 2.43. The van der Waals surface area contributed by atoms with Crippen LogP contribution in [-0.2, 0) is 16.0 Å². The van der Waals surface area contributed by atoms with E-state index in [4.69, 9.17) is 9.47 Å². The molecule has 0 N–H and O–H groups in total. The molecule has 1 aromatic carbocycles. The molecule has 0 spiro atoms. The fourth-order valence-corrected chi connectivity index (χ4v) is 3.02. The molecule has 1 amide bonds. The number of esters is 1. The van der Waals surface area contributed by atoms with Crippen LogP contribution in [0.1, 0.15) is 40.1 Å². The molecule has 27 heavy (non-hydrogen) atoms. The lowest BCUT2D eigenvalue weighted by Crippen LogP contribution is -2.26. The van der Waals surface area contributed by atoms with Gasteiger partial charge in [0.15, 0.2) is 6.10 Å². The zero-order valence-corrected chi connectivity index (χ0v) is 15.4. The van der Waals surface area contributed by atoms with Crippen molar-refractivity contribution >= 4 is 23.3 Å². The van der Waals surface area contributed by atoms with Crippen LogP contribution in [0.15, 0.2) is 36.5 Å². The van der Waals surface area contributed by atoms with Crippen LogP contribution in [0.5, 0.6) is 5.88 Å². The van der Waals surface area contributed by atoms with E-state index in [9.17, 15) is 14.4 Å². The largest absolute Gasteiger partial charge is 0.481 e. The van der Waals surface area contributed by atoms with E-state index in [1.165, 1.54) is 33.2 Å². The van der Waals surface area contributed by atoms with Gasteiger partial charge >= 0.3 is 5.97 Å². The number of ketones is 1. The number of aromatic nitrogens is 1. The molecule has 140 valence electrons. The van der Waals surface area contributed by atoms with E-state index in [2.05, 4.69) is 4.98 Å². The van der Waals surface area contributed by atoms with Crippen LogP contribution in [0.4, 0.5) is 5.69 Å².